The van der Waals surface area contributed by atoms with Crippen LogP contribution >= 0.6 is 0 Å². The summed E-state index contributed by atoms with van der Waals surface area (Å²) < 4.78 is 26.0. The van der Waals surface area contributed by atoms with Crippen molar-refractivity contribution in [1.29, 1.82) is 0 Å². The number of amides is 1. The molecule has 5 heteroatoms. The summed E-state index contributed by atoms with van der Waals surface area (Å²) in [5.41, 5.74) is 5.42. The number of benzene rings is 1. The quantitative estimate of drug-likeness (QED) is 0.805. The van der Waals surface area contributed by atoms with Gasteiger partial charge in [-0.1, -0.05) is 0 Å². The van der Waals surface area contributed by atoms with Gasteiger partial charge in [-0.3, -0.25) is 4.79 Å². The van der Waals surface area contributed by atoms with Crippen LogP contribution in [0.25, 0.3) is 0 Å². The average Bonchev–Trinajstić information content (AvgIpc) is 2.19. The molecule has 1 fully saturated rings. The topological polar surface area (TPSA) is 55.1 Å². The van der Waals surface area contributed by atoms with E-state index in [0.29, 0.717) is 12.8 Å². The molecule has 86 valence electrons. The Morgan fingerprint density at radius 1 is 1.38 bits per heavy atom. The molecule has 1 aromatic rings. The summed E-state index contributed by atoms with van der Waals surface area (Å²) in [7, 11) is 0. The lowest BCUT2D eigenvalue weighted by molar-refractivity contribution is -0.122. The molecule has 0 unspecified atom stereocenters. The third kappa shape index (κ3) is 2.19. The Morgan fingerprint density at radius 2 is 2.06 bits per heavy atom. The first kappa shape index (κ1) is 11.0. The highest BCUT2D eigenvalue weighted by Gasteiger charge is 2.32. The van der Waals surface area contributed by atoms with E-state index >= 15 is 0 Å². The Morgan fingerprint density at radius 3 is 2.69 bits per heavy atom. The van der Waals surface area contributed by atoms with Gasteiger partial charge in [0.05, 0.1) is 5.69 Å². The maximum Gasteiger partial charge on any atom is 0.227 e. The number of nitrogens with one attached hydrogen (secondary N) is 1. The lowest BCUT2D eigenvalue weighted by atomic mass is 9.80. The van der Waals surface area contributed by atoms with E-state index in [1.807, 2.05) is 0 Å². The van der Waals surface area contributed by atoms with Crippen molar-refractivity contribution in [1.82, 2.24) is 0 Å². The third-order valence-electron chi connectivity index (χ3n) is 2.73. The van der Waals surface area contributed by atoms with Crippen LogP contribution in [0.4, 0.5) is 14.5 Å². The van der Waals surface area contributed by atoms with Gasteiger partial charge in [0.1, 0.15) is 11.6 Å². The number of carbonyl (C=O) groups excluding carboxylic acids is 1. The van der Waals surface area contributed by atoms with E-state index in [2.05, 4.69) is 5.32 Å². The fraction of sp³-hybridized carbons (Fsp3) is 0.364. The maximum atomic E-state index is 13.2. The summed E-state index contributed by atoms with van der Waals surface area (Å²) in [4.78, 5) is 11.5. The lowest BCUT2D eigenvalue weighted by Gasteiger charge is -2.31. The number of anilines is 1. The van der Waals surface area contributed by atoms with Crippen molar-refractivity contribution in [3.05, 3.63) is 29.8 Å². The second-order valence-electron chi connectivity index (χ2n) is 4.04. The van der Waals surface area contributed by atoms with Gasteiger partial charge in [0, 0.05) is 18.0 Å². The van der Waals surface area contributed by atoms with Crippen molar-refractivity contribution in [2.75, 3.05) is 5.32 Å². The first-order valence-electron chi connectivity index (χ1n) is 5.08. The number of hydrogen-bond acceptors (Lipinski definition) is 2. The maximum absolute atomic E-state index is 13.2. The third-order valence-corrected chi connectivity index (χ3v) is 2.73. The summed E-state index contributed by atoms with van der Waals surface area (Å²) in [6, 6.07) is 3.00. The van der Waals surface area contributed by atoms with Gasteiger partial charge in [-0.05, 0) is 25.0 Å². The van der Waals surface area contributed by atoms with E-state index < -0.39 is 11.6 Å². The standard InChI is InChI=1S/C11H12F2N2O/c12-7-1-2-9(13)10(5-7)15-11(16)6-3-8(14)4-6/h1-2,5-6,8H,3-4,14H2,(H,15,16). The molecule has 1 saturated carbocycles. The monoisotopic (exact) mass is 226 g/mol. The highest BCUT2D eigenvalue weighted by Crippen LogP contribution is 2.27. The molecule has 1 aromatic carbocycles. The minimum Gasteiger partial charge on any atom is -0.328 e. The normalized spacial score (nSPS) is 23.7. The molecule has 0 radical (unpaired) electrons. The number of nitrogens with two attached hydrogens (primary N) is 1. The van der Waals surface area contributed by atoms with Crippen molar-refractivity contribution in [2.45, 2.75) is 18.9 Å². The number of hydrogen-bond donors (Lipinski definition) is 2. The molecule has 0 aromatic heterocycles. The van der Waals surface area contributed by atoms with Crippen LogP contribution in [0.5, 0.6) is 0 Å². The molecule has 3 N–H and O–H groups in total. The average molecular weight is 226 g/mol. The Kier molecular flexibility index (Phi) is 2.87. The molecular weight excluding hydrogens is 214 g/mol. The molecule has 2 rings (SSSR count). The van der Waals surface area contributed by atoms with Gasteiger partial charge in [0.15, 0.2) is 0 Å². The zero-order valence-electron chi connectivity index (χ0n) is 8.54. The van der Waals surface area contributed by atoms with Gasteiger partial charge in [0.2, 0.25) is 5.91 Å². The zero-order chi connectivity index (χ0) is 11.7. The van der Waals surface area contributed by atoms with Crippen LogP contribution in [0.15, 0.2) is 18.2 Å². The molecule has 1 aliphatic carbocycles. The van der Waals surface area contributed by atoms with Gasteiger partial charge in [-0.25, -0.2) is 8.78 Å². The van der Waals surface area contributed by atoms with Gasteiger partial charge >= 0.3 is 0 Å². The van der Waals surface area contributed by atoms with Crippen molar-refractivity contribution in [3.8, 4) is 0 Å². The van der Waals surface area contributed by atoms with Crippen LogP contribution in [0.1, 0.15) is 12.8 Å². The first-order chi connectivity index (χ1) is 7.56. The highest BCUT2D eigenvalue weighted by atomic mass is 19.1. The van der Waals surface area contributed by atoms with Gasteiger partial charge < -0.3 is 11.1 Å². The van der Waals surface area contributed by atoms with Gasteiger partial charge in [-0.2, -0.15) is 0 Å². The van der Waals surface area contributed by atoms with Gasteiger partial charge in [-0.15, -0.1) is 0 Å². The largest absolute Gasteiger partial charge is 0.328 e. The molecule has 3 nitrogen and oxygen atoms in total. The van der Waals surface area contributed by atoms with Crippen molar-refractivity contribution >= 4 is 11.6 Å². The van der Waals surface area contributed by atoms with E-state index in [9.17, 15) is 13.6 Å². The first-order valence-corrected chi connectivity index (χ1v) is 5.08. The second-order valence-corrected chi connectivity index (χ2v) is 4.04. The summed E-state index contributed by atoms with van der Waals surface area (Å²) in [6.07, 6.45) is 1.20. The minimum atomic E-state index is -0.640. The minimum absolute atomic E-state index is 0.0492. The second kappa shape index (κ2) is 4.17. The zero-order valence-corrected chi connectivity index (χ0v) is 8.54. The lowest BCUT2D eigenvalue weighted by Crippen LogP contribution is -2.42. The van der Waals surface area contributed by atoms with Crippen molar-refractivity contribution < 1.29 is 13.6 Å². The molecule has 0 bridgehead atoms. The van der Waals surface area contributed by atoms with E-state index in [-0.39, 0.29) is 23.6 Å². The number of halogens is 2. The Labute approximate surface area is 91.6 Å². The van der Waals surface area contributed by atoms with Crippen LogP contribution < -0.4 is 11.1 Å². The Hall–Kier alpha value is -1.49. The SMILES string of the molecule is NC1CC(C(=O)Nc2cc(F)ccc2F)C1. The predicted molar refractivity (Wildman–Crippen MR) is 55.7 cm³/mol. The molecule has 1 amide bonds. The van der Waals surface area contributed by atoms with Gasteiger partial charge in [0.25, 0.3) is 0 Å². The summed E-state index contributed by atoms with van der Waals surface area (Å²) in [6.45, 7) is 0. The Balaban J connectivity index is 2.03. The van der Waals surface area contributed by atoms with Crippen LogP contribution in [0.3, 0.4) is 0 Å². The van der Waals surface area contributed by atoms with Crippen molar-refractivity contribution in [3.63, 3.8) is 0 Å². The summed E-state index contributed by atoms with van der Waals surface area (Å²) in [5, 5.41) is 2.36. The predicted octanol–water partition coefficient (Wildman–Crippen LogP) is 1.64. The molecule has 0 atom stereocenters. The smallest absolute Gasteiger partial charge is 0.227 e. The fourth-order valence-electron chi connectivity index (χ4n) is 1.70. The summed E-state index contributed by atoms with van der Waals surface area (Å²) in [5.74, 6) is -1.70. The van der Waals surface area contributed by atoms with Crippen LogP contribution in [-0.4, -0.2) is 11.9 Å². The molecule has 0 heterocycles. The van der Waals surface area contributed by atoms with Crippen LogP contribution in [-0.2, 0) is 4.79 Å². The van der Waals surface area contributed by atoms with E-state index in [0.717, 1.165) is 18.2 Å². The van der Waals surface area contributed by atoms with E-state index in [1.165, 1.54) is 0 Å². The van der Waals surface area contributed by atoms with Crippen LogP contribution in [0, 0.1) is 17.6 Å². The molecule has 1 aliphatic rings. The Bertz CT molecular complexity index is 416. The van der Waals surface area contributed by atoms with Crippen LogP contribution in [0.2, 0.25) is 0 Å². The summed E-state index contributed by atoms with van der Waals surface area (Å²) >= 11 is 0. The molecule has 16 heavy (non-hydrogen) atoms. The fourth-order valence-corrected chi connectivity index (χ4v) is 1.70. The van der Waals surface area contributed by atoms with E-state index in [4.69, 9.17) is 5.73 Å². The number of rotatable bonds is 2. The molecular formula is C11H12F2N2O. The van der Waals surface area contributed by atoms with Crippen molar-refractivity contribution in [2.24, 2.45) is 11.7 Å². The number of carbonyl (C=O) groups is 1. The molecule has 0 saturated heterocycles. The van der Waals surface area contributed by atoms with E-state index in [1.54, 1.807) is 0 Å². The molecule has 0 aliphatic heterocycles. The highest BCUT2D eigenvalue weighted by molar-refractivity contribution is 5.93. The molecule has 0 spiro atoms.